The summed E-state index contributed by atoms with van der Waals surface area (Å²) in [6.07, 6.45) is 1.51. The molecule has 1 aromatic carbocycles. The molecule has 0 aliphatic carbocycles. The molecule has 0 aliphatic heterocycles. The summed E-state index contributed by atoms with van der Waals surface area (Å²) in [5.41, 5.74) is 6.82. The zero-order chi connectivity index (χ0) is 12.4. The van der Waals surface area contributed by atoms with Gasteiger partial charge >= 0.3 is 0 Å². The van der Waals surface area contributed by atoms with Crippen molar-refractivity contribution in [3.05, 3.63) is 52.1 Å². The van der Waals surface area contributed by atoms with Gasteiger partial charge in [-0.3, -0.25) is 9.78 Å². The smallest absolute Gasteiger partial charge is 0.248 e. The number of hydrogen-bond acceptors (Lipinski definition) is 2. The number of nitrogens with zero attached hydrogens (tertiary/aromatic N) is 1. The van der Waals surface area contributed by atoms with Gasteiger partial charge in [-0.25, -0.2) is 0 Å². The number of hydrogen-bond donors (Lipinski definition) is 1. The first kappa shape index (κ1) is 11.9. The summed E-state index contributed by atoms with van der Waals surface area (Å²) in [5.74, 6) is -0.508. The van der Waals surface area contributed by atoms with E-state index in [0.717, 1.165) is 0 Å². The number of benzene rings is 1. The Labute approximate surface area is 108 Å². The van der Waals surface area contributed by atoms with E-state index in [-0.39, 0.29) is 0 Å². The van der Waals surface area contributed by atoms with Gasteiger partial charge in [0.05, 0.1) is 15.7 Å². The van der Waals surface area contributed by atoms with E-state index in [1.165, 1.54) is 6.20 Å². The van der Waals surface area contributed by atoms with Gasteiger partial charge in [-0.15, -0.1) is 0 Å². The average Bonchev–Trinajstić information content (AvgIpc) is 2.33. The van der Waals surface area contributed by atoms with E-state index in [0.29, 0.717) is 26.9 Å². The molecule has 0 spiro atoms. The highest BCUT2D eigenvalue weighted by Crippen LogP contribution is 2.32. The largest absolute Gasteiger partial charge is 0.366 e. The van der Waals surface area contributed by atoms with E-state index in [9.17, 15) is 4.79 Å². The van der Waals surface area contributed by atoms with Gasteiger partial charge in [0.15, 0.2) is 0 Å². The molecule has 1 amide bonds. The lowest BCUT2D eigenvalue weighted by molar-refractivity contribution is 0.1000. The Morgan fingerprint density at radius 3 is 2.71 bits per heavy atom. The number of pyridine rings is 1. The highest BCUT2D eigenvalue weighted by Gasteiger charge is 2.09. The Bertz CT molecular complexity index is 584. The number of halogens is 2. The first-order valence-electron chi connectivity index (χ1n) is 4.80. The maximum absolute atomic E-state index is 11.1. The maximum Gasteiger partial charge on any atom is 0.248 e. The van der Waals surface area contributed by atoms with Crippen LogP contribution in [0.5, 0.6) is 0 Å². The number of carbonyl (C=O) groups excluding carboxylic acids is 1. The number of rotatable bonds is 2. The second kappa shape index (κ2) is 4.73. The topological polar surface area (TPSA) is 56.0 Å². The van der Waals surface area contributed by atoms with Crippen LogP contribution in [-0.4, -0.2) is 10.9 Å². The fraction of sp³-hybridized carbons (Fsp3) is 0. The molecule has 0 saturated carbocycles. The summed E-state index contributed by atoms with van der Waals surface area (Å²) >= 11 is 12.0. The molecule has 0 atom stereocenters. The van der Waals surface area contributed by atoms with Crippen LogP contribution in [0.1, 0.15) is 10.4 Å². The highest BCUT2D eigenvalue weighted by atomic mass is 35.5. The molecular formula is C12H8Cl2N2O. The normalized spacial score (nSPS) is 10.2. The van der Waals surface area contributed by atoms with Gasteiger partial charge in [-0.2, -0.15) is 0 Å². The zero-order valence-corrected chi connectivity index (χ0v) is 10.2. The van der Waals surface area contributed by atoms with E-state index in [2.05, 4.69) is 4.98 Å². The van der Waals surface area contributed by atoms with Crippen LogP contribution in [0.3, 0.4) is 0 Å². The van der Waals surface area contributed by atoms with Crippen LogP contribution in [0.4, 0.5) is 0 Å². The van der Waals surface area contributed by atoms with Gasteiger partial charge in [0, 0.05) is 17.3 Å². The molecule has 2 N–H and O–H groups in total. The number of aromatic nitrogens is 1. The van der Waals surface area contributed by atoms with Crippen LogP contribution in [0.15, 0.2) is 36.5 Å². The molecule has 3 nitrogen and oxygen atoms in total. The fourth-order valence-electron chi connectivity index (χ4n) is 1.43. The van der Waals surface area contributed by atoms with E-state index in [1.807, 2.05) is 0 Å². The Hall–Kier alpha value is -1.58. The van der Waals surface area contributed by atoms with Crippen LogP contribution < -0.4 is 5.73 Å². The molecule has 5 heteroatoms. The summed E-state index contributed by atoms with van der Waals surface area (Å²) in [6.45, 7) is 0. The summed E-state index contributed by atoms with van der Waals surface area (Å²) in [5, 5.41) is 0.846. The first-order valence-corrected chi connectivity index (χ1v) is 5.55. The number of amides is 1. The molecule has 2 rings (SSSR count). The van der Waals surface area contributed by atoms with Crippen LogP contribution in [-0.2, 0) is 0 Å². The summed E-state index contributed by atoms with van der Waals surface area (Å²) < 4.78 is 0. The lowest BCUT2D eigenvalue weighted by atomic mass is 10.1. The predicted molar refractivity (Wildman–Crippen MR) is 68.2 cm³/mol. The lowest BCUT2D eigenvalue weighted by Gasteiger charge is -2.05. The quantitative estimate of drug-likeness (QED) is 0.908. The molecule has 0 unspecified atom stereocenters. The molecule has 0 radical (unpaired) electrons. The molecule has 2 aromatic rings. The predicted octanol–water partition coefficient (Wildman–Crippen LogP) is 3.15. The first-order chi connectivity index (χ1) is 8.09. The number of carbonyl (C=O) groups is 1. The minimum atomic E-state index is -0.508. The van der Waals surface area contributed by atoms with Crippen molar-refractivity contribution >= 4 is 29.1 Å². The molecule has 0 aliphatic rings. The van der Waals surface area contributed by atoms with Crippen LogP contribution in [0, 0.1) is 0 Å². The summed E-state index contributed by atoms with van der Waals surface area (Å²) in [4.78, 5) is 15.2. The Balaban J connectivity index is 2.57. The van der Waals surface area contributed by atoms with Gasteiger partial charge in [0.1, 0.15) is 0 Å². The zero-order valence-electron chi connectivity index (χ0n) is 8.65. The summed E-state index contributed by atoms with van der Waals surface area (Å²) in [6, 6.07) is 8.36. The molecule has 0 fully saturated rings. The van der Waals surface area contributed by atoms with Crippen molar-refractivity contribution in [2.24, 2.45) is 5.73 Å². The van der Waals surface area contributed by atoms with E-state index in [4.69, 9.17) is 28.9 Å². The van der Waals surface area contributed by atoms with Crippen molar-refractivity contribution in [2.45, 2.75) is 0 Å². The van der Waals surface area contributed by atoms with Crippen molar-refractivity contribution in [1.29, 1.82) is 0 Å². The third-order valence-electron chi connectivity index (χ3n) is 2.27. The molecule has 86 valence electrons. The van der Waals surface area contributed by atoms with Gasteiger partial charge in [0.2, 0.25) is 5.91 Å². The average molecular weight is 267 g/mol. The molecule has 17 heavy (non-hydrogen) atoms. The second-order valence-corrected chi connectivity index (χ2v) is 4.18. The molecule has 0 saturated heterocycles. The second-order valence-electron chi connectivity index (χ2n) is 3.40. The standard InChI is InChI=1S/C12H8Cl2N2O/c13-9-3-1-2-8(11(9)14)10-6-7(12(15)17)4-5-16-10/h1-6H,(H2,15,17). The minimum absolute atomic E-state index is 0.381. The van der Waals surface area contributed by atoms with Crippen LogP contribution in [0.2, 0.25) is 10.0 Å². The maximum atomic E-state index is 11.1. The van der Waals surface area contributed by atoms with Crippen molar-refractivity contribution in [3.8, 4) is 11.3 Å². The summed E-state index contributed by atoms with van der Waals surface area (Å²) in [7, 11) is 0. The lowest BCUT2D eigenvalue weighted by Crippen LogP contribution is -2.11. The van der Waals surface area contributed by atoms with Crippen LogP contribution >= 0.6 is 23.2 Å². The fourth-order valence-corrected chi connectivity index (χ4v) is 1.83. The highest BCUT2D eigenvalue weighted by molar-refractivity contribution is 6.43. The van der Waals surface area contributed by atoms with E-state index < -0.39 is 5.91 Å². The van der Waals surface area contributed by atoms with Crippen molar-refractivity contribution in [1.82, 2.24) is 4.98 Å². The van der Waals surface area contributed by atoms with Gasteiger partial charge in [-0.05, 0) is 18.2 Å². The third-order valence-corrected chi connectivity index (χ3v) is 3.09. The molecule has 1 heterocycles. The Morgan fingerprint density at radius 1 is 1.24 bits per heavy atom. The van der Waals surface area contributed by atoms with Gasteiger partial charge in [-0.1, -0.05) is 35.3 Å². The van der Waals surface area contributed by atoms with Crippen molar-refractivity contribution in [2.75, 3.05) is 0 Å². The monoisotopic (exact) mass is 266 g/mol. The Morgan fingerprint density at radius 2 is 2.00 bits per heavy atom. The minimum Gasteiger partial charge on any atom is -0.366 e. The molecule has 0 bridgehead atoms. The van der Waals surface area contributed by atoms with Crippen LogP contribution in [0.25, 0.3) is 11.3 Å². The van der Waals surface area contributed by atoms with E-state index in [1.54, 1.807) is 30.3 Å². The van der Waals surface area contributed by atoms with Crippen molar-refractivity contribution < 1.29 is 4.79 Å². The Kier molecular flexibility index (Phi) is 3.31. The number of nitrogens with two attached hydrogens (primary N) is 1. The third kappa shape index (κ3) is 2.40. The molecule has 1 aromatic heterocycles. The number of primary amides is 1. The SMILES string of the molecule is NC(=O)c1ccnc(-c2cccc(Cl)c2Cl)c1. The van der Waals surface area contributed by atoms with Gasteiger partial charge in [0.25, 0.3) is 0 Å². The van der Waals surface area contributed by atoms with E-state index >= 15 is 0 Å². The molecular weight excluding hydrogens is 259 g/mol. The van der Waals surface area contributed by atoms with Crippen molar-refractivity contribution in [3.63, 3.8) is 0 Å². The van der Waals surface area contributed by atoms with Gasteiger partial charge < -0.3 is 5.73 Å².